The minimum atomic E-state index is -4.20. The molecule has 0 saturated carbocycles. The van der Waals surface area contributed by atoms with Gasteiger partial charge in [-0.2, -0.15) is 0 Å². The highest BCUT2D eigenvalue weighted by atomic mass is 80.0. The molecule has 0 aliphatic carbocycles. The van der Waals surface area contributed by atoms with Crippen molar-refractivity contribution >= 4 is 20.6 Å². The zero-order chi connectivity index (χ0) is 18.0. The molecule has 0 aliphatic rings. The lowest BCUT2D eigenvalue weighted by atomic mass is 9.94. The van der Waals surface area contributed by atoms with Crippen LogP contribution in [0.3, 0.4) is 0 Å². The number of fused-ring (bicyclic) bond motifs is 1. The Morgan fingerprint density at radius 1 is 1.04 bits per heavy atom. The van der Waals surface area contributed by atoms with Crippen molar-refractivity contribution in [3.63, 3.8) is 0 Å². The number of alkyl halides is 3. The van der Waals surface area contributed by atoms with Crippen LogP contribution in [-0.2, 0) is 17.3 Å². The van der Waals surface area contributed by atoms with Gasteiger partial charge in [-0.05, 0) is 24.1 Å². The van der Waals surface area contributed by atoms with Crippen LogP contribution in [0.2, 0.25) is 0 Å². The summed E-state index contributed by atoms with van der Waals surface area (Å²) in [5.74, 6) is 0. The maximum atomic E-state index is 13.4. The molecule has 0 radical (unpaired) electrons. The van der Waals surface area contributed by atoms with E-state index in [-0.39, 0.29) is 0 Å². The molecule has 130 valence electrons. The fourth-order valence-corrected chi connectivity index (χ4v) is 4.36. The van der Waals surface area contributed by atoms with Gasteiger partial charge in [0.25, 0.3) is 0 Å². The summed E-state index contributed by atoms with van der Waals surface area (Å²) < 4.78 is 66.1. The first-order chi connectivity index (χ1) is 10.4. The van der Waals surface area contributed by atoms with E-state index < -0.39 is 36.2 Å². The normalized spacial score (nSPS) is 13.3. The lowest BCUT2D eigenvalue weighted by molar-refractivity contribution is -1.73. The molecule has 1 heterocycles. The molecular weight excluding hydrogens is 397 g/mol. The molecule has 1 unspecified atom stereocenters. The molecule has 23 heavy (non-hydrogen) atoms. The van der Waals surface area contributed by atoms with Gasteiger partial charge in [-0.3, -0.25) is 0 Å². The van der Waals surface area contributed by atoms with Crippen LogP contribution >= 0.6 is 10.5 Å². The van der Waals surface area contributed by atoms with Gasteiger partial charge in [0.15, 0.2) is 9.58 Å². The van der Waals surface area contributed by atoms with Gasteiger partial charge in [-0.1, -0.05) is 33.8 Å². The van der Waals surface area contributed by atoms with E-state index >= 15 is 0 Å². The number of halogens is 4. The molecule has 8 heteroatoms. The maximum Gasteiger partial charge on any atom is 0.600 e. The standard InChI is InChI=1S/C15H18F3S.BrO3/c1-5-10-6-7-12-11(8-10)9-13(14(2,3)4)19(12)15(16,17)18;2-1(3)4/h6-9H,5H2,1-4H3;/q+1;-1. The lowest BCUT2D eigenvalue weighted by Crippen LogP contribution is -2.42. The predicted molar refractivity (Wildman–Crippen MR) is 75.8 cm³/mol. The minimum absolute atomic E-state index is 0.426. The largest absolute Gasteiger partial charge is 0.600 e. The highest BCUT2D eigenvalue weighted by molar-refractivity contribution is 7.38. The summed E-state index contributed by atoms with van der Waals surface area (Å²) in [6.45, 7) is 7.54. The van der Waals surface area contributed by atoms with Crippen LogP contribution in [0.1, 0.15) is 38.1 Å². The maximum absolute atomic E-state index is 13.4. The Morgan fingerprint density at radius 2 is 1.57 bits per heavy atom. The average molecular weight is 415 g/mol. The molecule has 0 saturated heterocycles. The number of aryl methyl sites for hydroxylation is 1. The van der Waals surface area contributed by atoms with E-state index in [0.717, 1.165) is 17.4 Å². The number of rotatable bonds is 1. The Kier molecular flexibility index (Phi) is 6.63. The van der Waals surface area contributed by atoms with Gasteiger partial charge < -0.3 is 12.6 Å². The molecular formula is C15H18BrF3O3S. The van der Waals surface area contributed by atoms with Crippen molar-refractivity contribution < 1.29 is 40.6 Å². The first-order valence-electron chi connectivity index (χ1n) is 6.77. The fourth-order valence-electron chi connectivity index (χ4n) is 2.21. The zero-order valence-electron chi connectivity index (χ0n) is 13.2. The van der Waals surface area contributed by atoms with Crippen LogP contribution in [0.25, 0.3) is 10.1 Å². The number of benzene rings is 1. The van der Waals surface area contributed by atoms with Crippen molar-refractivity contribution in [3.05, 3.63) is 34.7 Å². The van der Waals surface area contributed by atoms with Gasteiger partial charge in [0.1, 0.15) is 0 Å². The average Bonchev–Trinajstić information content (AvgIpc) is 2.75. The second kappa shape index (κ2) is 7.48. The third-order valence-electron chi connectivity index (χ3n) is 3.18. The molecule has 1 aromatic carbocycles. The van der Waals surface area contributed by atoms with Gasteiger partial charge in [-0.15, -0.1) is 13.2 Å². The Bertz CT molecular complexity index is 658. The quantitative estimate of drug-likeness (QED) is 0.672. The van der Waals surface area contributed by atoms with E-state index in [0.29, 0.717) is 9.58 Å². The lowest BCUT2D eigenvalue weighted by Gasteiger charge is -2.13. The van der Waals surface area contributed by atoms with Gasteiger partial charge in [0.2, 0.25) is 14.8 Å². The molecule has 2 rings (SSSR count). The van der Waals surface area contributed by atoms with Crippen LogP contribution in [0.5, 0.6) is 0 Å². The Morgan fingerprint density at radius 3 is 1.96 bits per heavy atom. The number of hydrogen-bond donors (Lipinski definition) is 0. The molecule has 0 N–H and O–H groups in total. The highest BCUT2D eigenvalue weighted by Crippen LogP contribution is 2.54. The van der Waals surface area contributed by atoms with Crippen molar-refractivity contribution in [1.29, 1.82) is 0 Å². The van der Waals surface area contributed by atoms with E-state index in [2.05, 4.69) is 0 Å². The van der Waals surface area contributed by atoms with Gasteiger partial charge in [0, 0.05) is 16.9 Å². The molecule has 1 atom stereocenters. The first kappa shape index (κ1) is 20.4. The minimum Gasteiger partial charge on any atom is -0.405 e. The van der Waals surface area contributed by atoms with Gasteiger partial charge in [-0.25, -0.2) is 0 Å². The van der Waals surface area contributed by atoms with E-state index in [9.17, 15) is 13.2 Å². The van der Waals surface area contributed by atoms with Gasteiger partial charge in [0.05, 0.1) is 10.5 Å². The molecule has 3 nitrogen and oxygen atoms in total. The summed E-state index contributed by atoms with van der Waals surface area (Å²) in [6, 6.07) is 7.09. The summed E-state index contributed by atoms with van der Waals surface area (Å²) in [4.78, 5) is 0.489. The topological polar surface area (TPSA) is 69.2 Å². The first-order valence-corrected chi connectivity index (χ1v) is 9.94. The third-order valence-corrected chi connectivity index (χ3v) is 5.62. The SMILES string of the molecule is CCc1ccc2c(c1)cc(C(C)(C)C)[s+]2C(F)(F)F.[O-][Br+2]([O-])[O-]. The van der Waals surface area contributed by atoms with E-state index in [1.54, 1.807) is 12.1 Å². The van der Waals surface area contributed by atoms with Crippen LogP contribution in [0.4, 0.5) is 13.2 Å². The summed E-state index contributed by atoms with van der Waals surface area (Å²) in [5, 5.41) is 0.741. The third kappa shape index (κ3) is 5.42. The fraction of sp³-hybridized carbons (Fsp3) is 0.467. The second-order valence-electron chi connectivity index (χ2n) is 5.93. The van der Waals surface area contributed by atoms with Crippen LogP contribution in [0.15, 0.2) is 24.3 Å². The summed E-state index contributed by atoms with van der Waals surface area (Å²) in [5.41, 5.74) is -3.59. The number of hydrogen-bond acceptors (Lipinski definition) is 3. The van der Waals surface area contributed by atoms with E-state index in [1.165, 1.54) is 0 Å². The molecule has 0 spiro atoms. The van der Waals surface area contributed by atoms with Crippen LogP contribution in [-0.4, -0.2) is 0 Å². The highest BCUT2D eigenvalue weighted by Gasteiger charge is 2.50. The molecule has 1 aromatic heterocycles. The van der Waals surface area contributed by atoms with Crippen LogP contribution < -0.4 is 12.6 Å². The van der Waals surface area contributed by atoms with Gasteiger partial charge >= 0.3 is 5.51 Å². The number of thiophene rings is 1. The molecule has 0 bridgehead atoms. The molecule has 2 aromatic rings. The summed E-state index contributed by atoms with van der Waals surface area (Å²) in [7, 11) is -1.78. The van der Waals surface area contributed by atoms with Crippen molar-refractivity contribution in [2.45, 2.75) is 45.0 Å². The smallest absolute Gasteiger partial charge is 0.405 e. The zero-order valence-corrected chi connectivity index (χ0v) is 15.6. The summed E-state index contributed by atoms with van der Waals surface area (Å²) >= 11 is -3.65. The van der Waals surface area contributed by atoms with Crippen molar-refractivity contribution in [2.75, 3.05) is 0 Å². The van der Waals surface area contributed by atoms with E-state index in [1.807, 2.05) is 39.8 Å². The second-order valence-corrected chi connectivity index (χ2v) is 8.67. The van der Waals surface area contributed by atoms with E-state index in [4.69, 9.17) is 12.6 Å². The predicted octanol–water partition coefficient (Wildman–Crippen LogP) is 2.36. The molecule has 0 amide bonds. The Hall–Kier alpha value is -0.670. The van der Waals surface area contributed by atoms with Crippen LogP contribution in [0, 0.1) is 14.8 Å². The monoisotopic (exact) mass is 414 g/mol. The Labute approximate surface area is 141 Å². The molecule has 0 aliphatic heterocycles. The summed E-state index contributed by atoms with van der Waals surface area (Å²) in [6.07, 6.45) is 0.839. The van der Waals surface area contributed by atoms with Crippen molar-refractivity contribution in [1.82, 2.24) is 0 Å². The van der Waals surface area contributed by atoms with Crippen molar-refractivity contribution in [3.8, 4) is 0 Å². The molecule has 0 fully saturated rings. The Balaban J connectivity index is 0.000000593. The van der Waals surface area contributed by atoms with Crippen molar-refractivity contribution in [2.24, 2.45) is 0 Å².